The molecule has 2 aromatic rings. The van der Waals surface area contributed by atoms with Crippen LogP contribution in [0.4, 0.5) is 5.82 Å². The summed E-state index contributed by atoms with van der Waals surface area (Å²) in [6, 6.07) is 8.28. The Hall–Kier alpha value is -1.50. The molecular weight excluding hydrogens is 391 g/mol. The van der Waals surface area contributed by atoms with Crippen molar-refractivity contribution >= 4 is 28.4 Å². The average Bonchev–Trinajstić information content (AvgIpc) is 3.38. The number of rotatable bonds is 6. The van der Waals surface area contributed by atoms with E-state index in [2.05, 4.69) is 45.0 Å². The lowest BCUT2D eigenvalue weighted by molar-refractivity contribution is 0.411. The van der Waals surface area contributed by atoms with E-state index in [0.29, 0.717) is 5.92 Å². The summed E-state index contributed by atoms with van der Waals surface area (Å²) in [6.07, 6.45) is 4.39. The van der Waals surface area contributed by atoms with E-state index in [0.717, 1.165) is 27.4 Å². The van der Waals surface area contributed by atoms with Gasteiger partial charge in [-0.25, -0.2) is 4.98 Å². The summed E-state index contributed by atoms with van der Waals surface area (Å²) in [4.78, 5) is 4.40. The molecular formula is C17H19IN2O2. The lowest BCUT2D eigenvalue weighted by atomic mass is 10.0. The van der Waals surface area contributed by atoms with Crippen LogP contribution >= 0.6 is 22.6 Å². The van der Waals surface area contributed by atoms with Crippen molar-refractivity contribution in [2.75, 3.05) is 19.5 Å². The zero-order valence-electron chi connectivity index (χ0n) is 12.7. The molecule has 1 saturated carbocycles. The number of hydrogen-bond acceptors (Lipinski definition) is 4. The Morgan fingerprint density at radius 3 is 2.73 bits per heavy atom. The molecule has 0 aliphatic heterocycles. The zero-order chi connectivity index (χ0) is 15.5. The fraction of sp³-hybridized carbons (Fsp3) is 0.353. The van der Waals surface area contributed by atoms with Crippen LogP contribution in [0.2, 0.25) is 0 Å². The molecule has 0 bridgehead atoms. The van der Waals surface area contributed by atoms with Crippen molar-refractivity contribution in [2.45, 2.75) is 25.3 Å². The predicted molar refractivity (Wildman–Crippen MR) is 95.8 cm³/mol. The normalized spacial score (nSPS) is 13.8. The number of halogens is 1. The lowest BCUT2D eigenvalue weighted by Crippen LogP contribution is -2.05. The summed E-state index contributed by atoms with van der Waals surface area (Å²) in [5.74, 6) is 3.27. The van der Waals surface area contributed by atoms with Gasteiger partial charge in [0.2, 0.25) is 0 Å². The summed E-state index contributed by atoms with van der Waals surface area (Å²) >= 11 is 2.22. The summed E-state index contributed by atoms with van der Waals surface area (Å²) in [5, 5.41) is 3.39. The summed E-state index contributed by atoms with van der Waals surface area (Å²) in [6.45, 7) is 0.736. The topological polar surface area (TPSA) is 43.4 Å². The van der Waals surface area contributed by atoms with Gasteiger partial charge in [0.25, 0.3) is 0 Å². The molecule has 0 radical (unpaired) electrons. The number of nitrogens with zero attached hydrogens (tertiary/aromatic N) is 1. The van der Waals surface area contributed by atoms with Gasteiger partial charge in [-0.3, -0.25) is 0 Å². The third-order valence-corrected chi connectivity index (χ3v) is 4.68. The second-order valence-electron chi connectivity index (χ2n) is 5.40. The molecule has 1 fully saturated rings. The minimum Gasteiger partial charge on any atom is -0.497 e. The van der Waals surface area contributed by atoms with E-state index >= 15 is 0 Å². The van der Waals surface area contributed by atoms with Gasteiger partial charge in [-0.15, -0.1) is 0 Å². The van der Waals surface area contributed by atoms with Crippen LogP contribution in [-0.2, 0) is 6.54 Å². The number of benzene rings is 1. The maximum absolute atomic E-state index is 5.35. The van der Waals surface area contributed by atoms with Crippen molar-refractivity contribution < 1.29 is 9.47 Å². The molecule has 0 atom stereocenters. The lowest BCUT2D eigenvalue weighted by Gasteiger charge is -2.13. The summed E-state index contributed by atoms with van der Waals surface area (Å²) < 4.78 is 11.7. The summed E-state index contributed by atoms with van der Waals surface area (Å²) in [7, 11) is 3.38. The van der Waals surface area contributed by atoms with Gasteiger partial charge < -0.3 is 14.8 Å². The first kappa shape index (κ1) is 15.4. The third-order valence-electron chi connectivity index (χ3n) is 3.87. The van der Waals surface area contributed by atoms with E-state index < -0.39 is 0 Å². The molecule has 0 unspecified atom stereocenters. The Morgan fingerprint density at radius 2 is 2.05 bits per heavy atom. The first-order valence-corrected chi connectivity index (χ1v) is 8.39. The molecule has 1 aliphatic carbocycles. The Labute approximate surface area is 144 Å². The molecule has 0 saturated heterocycles. The van der Waals surface area contributed by atoms with Crippen LogP contribution in [0.25, 0.3) is 0 Å². The first-order chi connectivity index (χ1) is 10.7. The van der Waals surface area contributed by atoms with Crippen LogP contribution in [0.5, 0.6) is 11.5 Å². The molecule has 1 aromatic heterocycles. The number of hydrogen-bond donors (Lipinski definition) is 1. The van der Waals surface area contributed by atoms with Crippen molar-refractivity contribution in [3.63, 3.8) is 0 Å². The first-order valence-electron chi connectivity index (χ1n) is 7.31. The number of ether oxygens (including phenoxy) is 2. The SMILES string of the molecule is COc1ccc(C2CC2)c(CNc2cc(OC)c(I)cn2)c1. The van der Waals surface area contributed by atoms with Crippen molar-refractivity contribution in [3.05, 3.63) is 45.2 Å². The van der Waals surface area contributed by atoms with Crippen molar-refractivity contribution in [1.29, 1.82) is 0 Å². The highest BCUT2D eigenvalue weighted by atomic mass is 127. The minimum absolute atomic E-state index is 0.710. The van der Waals surface area contributed by atoms with Crippen molar-refractivity contribution in [2.24, 2.45) is 0 Å². The van der Waals surface area contributed by atoms with Gasteiger partial charge in [0.15, 0.2) is 0 Å². The molecule has 3 rings (SSSR count). The Morgan fingerprint density at radius 1 is 1.23 bits per heavy atom. The van der Waals surface area contributed by atoms with Crippen molar-refractivity contribution in [1.82, 2.24) is 4.98 Å². The quantitative estimate of drug-likeness (QED) is 0.726. The molecule has 4 nitrogen and oxygen atoms in total. The highest BCUT2D eigenvalue weighted by Gasteiger charge is 2.26. The Kier molecular flexibility index (Phi) is 4.71. The Balaban J connectivity index is 1.78. The van der Waals surface area contributed by atoms with Gasteiger partial charge in [0.1, 0.15) is 17.3 Å². The van der Waals surface area contributed by atoms with Crippen molar-refractivity contribution in [3.8, 4) is 11.5 Å². The number of anilines is 1. The second kappa shape index (κ2) is 6.73. The number of aromatic nitrogens is 1. The molecule has 1 aromatic carbocycles. The maximum Gasteiger partial charge on any atom is 0.137 e. The number of pyridine rings is 1. The van der Waals surface area contributed by atoms with Gasteiger partial charge in [-0.2, -0.15) is 0 Å². The summed E-state index contributed by atoms with van der Waals surface area (Å²) in [5.41, 5.74) is 2.70. The molecule has 22 heavy (non-hydrogen) atoms. The van der Waals surface area contributed by atoms with Gasteiger partial charge in [0, 0.05) is 18.8 Å². The molecule has 116 valence electrons. The van der Waals surface area contributed by atoms with E-state index in [1.54, 1.807) is 14.2 Å². The molecule has 1 heterocycles. The van der Waals surface area contributed by atoms with E-state index in [1.807, 2.05) is 18.3 Å². The molecule has 1 N–H and O–H groups in total. The molecule has 0 spiro atoms. The van der Waals surface area contributed by atoms with Crippen LogP contribution in [0.3, 0.4) is 0 Å². The zero-order valence-corrected chi connectivity index (χ0v) is 14.9. The van der Waals surface area contributed by atoms with Gasteiger partial charge in [0.05, 0.1) is 17.8 Å². The molecule has 5 heteroatoms. The van der Waals surface area contributed by atoms with Crippen LogP contribution in [-0.4, -0.2) is 19.2 Å². The van der Waals surface area contributed by atoms with E-state index in [1.165, 1.54) is 24.0 Å². The standard InChI is InChI=1S/C17H19IN2O2/c1-21-13-5-6-14(11-3-4-11)12(7-13)9-19-17-8-16(22-2)15(18)10-20-17/h5-8,10-11H,3-4,9H2,1-2H3,(H,19,20). The van der Waals surface area contributed by atoms with Gasteiger partial charge >= 0.3 is 0 Å². The van der Waals surface area contributed by atoms with E-state index in [4.69, 9.17) is 9.47 Å². The number of nitrogens with one attached hydrogen (secondary N) is 1. The third kappa shape index (κ3) is 3.45. The van der Waals surface area contributed by atoms with Crippen LogP contribution in [0.15, 0.2) is 30.5 Å². The fourth-order valence-corrected chi connectivity index (χ4v) is 3.03. The highest BCUT2D eigenvalue weighted by Crippen LogP contribution is 2.42. The second-order valence-corrected chi connectivity index (χ2v) is 6.56. The smallest absolute Gasteiger partial charge is 0.137 e. The van der Waals surface area contributed by atoms with E-state index in [-0.39, 0.29) is 0 Å². The molecule has 0 amide bonds. The predicted octanol–water partition coefficient (Wildman–Crippen LogP) is 4.19. The van der Waals surface area contributed by atoms with Crippen LogP contribution in [0.1, 0.15) is 29.9 Å². The molecule has 1 aliphatic rings. The van der Waals surface area contributed by atoms with E-state index in [9.17, 15) is 0 Å². The highest BCUT2D eigenvalue weighted by molar-refractivity contribution is 14.1. The van der Waals surface area contributed by atoms with Crippen LogP contribution < -0.4 is 14.8 Å². The Bertz CT molecular complexity index is 672. The van der Waals surface area contributed by atoms with Gasteiger partial charge in [-0.05, 0) is 64.6 Å². The number of methoxy groups -OCH3 is 2. The monoisotopic (exact) mass is 410 g/mol. The van der Waals surface area contributed by atoms with Crippen LogP contribution in [0, 0.1) is 3.57 Å². The fourth-order valence-electron chi connectivity index (χ4n) is 2.51. The minimum atomic E-state index is 0.710. The maximum atomic E-state index is 5.35. The average molecular weight is 410 g/mol. The largest absolute Gasteiger partial charge is 0.497 e. The van der Waals surface area contributed by atoms with Gasteiger partial charge in [-0.1, -0.05) is 6.07 Å².